The number of likely N-dealkylation sites (tertiary alicyclic amines) is 1. The fraction of sp³-hybridized carbons (Fsp3) is 0.688. The van der Waals surface area contributed by atoms with Crippen molar-refractivity contribution in [1.29, 1.82) is 0 Å². The van der Waals surface area contributed by atoms with Crippen molar-refractivity contribution in [3.05, 3.63) is 18.0 Å². The van der Waals surface area contributed by atoms with E-state index < -0.39 is 0 Å². The Bertz CT molecular complexity index is 551. The maximum atomic E-state index is 12.5. The molecule has 1 aliphatic rings. The van der Waals surface area contributed by atoms with E-state index in [2.05, 4.69) is 25.9 Å². The third kappa shape index (κ3) is 3.48. The van der Waals surface area contributed by atoms with Gasteiger partial charge in [-0.3, -0.25) is 14.3 Å². The smallest absolute Gasteiger partial charge is 0.257 e. The molecule has 0 unspecified atom stereocenters. The lowest BCUT2D eigenvalue weighted by atomic mass is 10.0. The van der Waals surface area contributed by atoms with Gasteiger partial charge < -0.3 is 9.80 Å². The van der Waals surface area contributed by atoms with Crippen molar-refractivity contribution in [2.24, 2.45) is 0 Å². The van der Waals surface area contributed by atoms with Gasteiger partial charge in [0, 0.05) is 39.3 Å². The molecule has 0 aromatic carbocycles. The zero-order chi connectivity index (χ0) is 16.5. The predicted molar refractivity (Wildman–Crippen MR) is 84.6 cm³/mol. The molecule has 0 spiro atoms. The number of hydrogen-bond donors (Lipinski definition) is 0. The van der Waals surface area contributed by atoms with Crippen molar-refractivity contribution in [3.63, 3.8) is 0 Å². The fourth-order valence-corrected chi connectivity index (χ4v) is 2.70. The molecule has 1 aromatic rings. The molecule has 1 aromatic heterocycles. The van der Waals surface area contributed by atoms with Gasteiger partial charge in [-0.05, 0) is 33.6 Å². The zero-order valence-corrected chi connectivity index (χ0v) is 14.2. The lowest BCUT2D eigenvalue weighted by Gasteiger charge is -2.36. The number of nitrogens with zero attached hydrogens (tertiary/aromatic N) is 4. The molecular formula is C16H26N4O2. The second-order valence-corrected chi connectivity index (χ2v) is 7.00. The van der Waals surface area contributed by atoms with Gasteiger partial charge in [-0.2, -0.15) is 5.10 Å². The predicted octanol–water partition coefficient (Wildman–Crippen LogP) is 1.72. The SMILES string of the molecule is CC(=O)N(C)C1CCN(C(=O)c2cnn(C(C)(C)C)c2)CC1. The molecule has 1 saturated heterocycles. The second kappa shape index (κ2) is 6.10. The van der Waals surface area contributed by atoms with Crippen LogP contribution in [0, 0.1) is 0 Å². The van der Waals surface area contributed by atoms with E-state index in [4.69, 9.17) is 0 Å². The van der Waals surface area contributed by atoms with Crippen molar-refractivity contribution >= 4 is 11.8 Å². The monoisotopic (exact) mass is 306 g/mol. The number of aromatic nitrogens is 2. The van der Waals surface area contributed by atoms with Crippen molar-refractivity contribution in [2.45, 2.75) is 52.1 Å². The summed E-state index contributed by atoms with van der Waals surface area (Å²) in [5.74, 6) is 0.107. The highest BCUT2D eigenvalue weighted by Crippen LogP contribution is 2.19. The highest BCUT2D eigenvalue weighted by atomic mass is 16.2. The van der Waals surface area contributed by atoms with Crippen molar-refractivity contribution in [2.75, 3.05) is 20.1 Å². The van der Waals surface area contributed by atoms with E-state index in [0.29, 0.717) is 18.7 Å². The molecule has 22 heavy (non-hydrogen) atoms. The summed E-state index contributed by atoms with van der Waals surface area (Å²) in [6.45, 7) is 9.11. The first-order valence-corrected chi connectivity index (χ1v) is 7.78. The first-order chi connectivity index (χ1) is 10.2. The van der Waals surface area contributed by atoms with Crippen LogP contribution in [-0.2, 0) is 10.3 Å². The average Bonchev–Trinajstić information content (AvgIpc) is 2.95. The van der Waals surface area contributed by atoms with E-state index in [1.807, 2.05) is 22.8 Å². The Morgan fingerprint density at radius 1 is 1.27 bits per heavy atom. The Morgan fingerprint density at radius 2 is 1.86 bits per heavy atom. The van der Waals surface area contributed by atoms with Gasteiger partial charge in [0.2, 0.25) is 5.91 Å². The Labute approximate surface area is 132 Å². The number of amides is 2. The molecule has 2 heterocycles. The average molecular weight is 306 g/mol. The van der Waals surface area contributed by atoms with Crippen molar-refractivity contribution in [1.82, 2.24) is 19.6 Å². The molecule has 6 heteroatoms. The van der Waals surface area contributed by atoms with E-state index >= 15 is 0 Å². The van der Waals surface area contributed by atoms with Crippen LogP contribution in [0.1, 0.15) is 50.9 Å². The molecule has 122 valence electrons. The van der Waals surface area contributed by atoms with E-state index in [1.54, 1.807) is 18.0 Å². The Balaban J connectivity index is 1.98. The minimum absolute atomic E-state index is 0.0272. The summed E-state index contributed by atoms with van der Waals surface area (Å²) < 4.78 is 1.82. The Hall–Kier alpha value is -1.85. The molecule has 0 saturated carbocycles. The van der Waals surface area contributed by atoms with E-state index in [0.717, 1.165) is 12.8 Å². The van der Waals surface area contributed by atoms with E-state index in [1.165, 1.54) is 0 Å². The lowest BCUT2D eigenvalue weighted by molar-refractivity contribution is -0.130. The largest absolute Gasteiger partial charge is 0.343 e. The van der Waals surface area contributed by atoms with Crippen LogP contribution in [-0.4, -0.2) is 57.6 Å². The topological polar surface area (TPSA) is 58.4 Å². The second-order valence-electron chi connectivity index (χ2n) is 7.00. The maximum Gasteiger partial charge on any atom is 0.257 e. The number of carbonyl (C=O) groups is 2. The highest BCUT2D eigenvalue weighted by molar-refractivity contribution is 5.93. The first kappa shape index (κ1) is 16.5. The van der Waals surface area contributed by atoms with Gasteiger partial charge in [0.1, 0.15) is 0 Å². The molecule has 0 N–H and O–H groups in total. The third-order valence-corrected chi connectivity index (χ3v) is 4.31. The lowest BCUT2D eigenvalue weighted by Crippen LogP contribution is -2.46. The van der Waals surface area contributed by atoms with Gasteiger partial charge in [-0.1, -0.05) is 0 Å². The Morgan fingerprint density at radius 3 is 2.32 bits per heavy atom. The Kier molecular flexibility index (Phi) is 4.58. The fourth-order valence-electron chi connectivity index (χ4n) is 2.70. The van der Waals surface area contributed by atoms with Crippen LogP contribution >= 0.6 is 0 Å². The van der Waals surface area contributed by atoms with Crippen LogP contribution < -0.4 is 0 Å². The van der Waals surface area contributed by atoms with Gasteiger partial charge >= 0.3 is 0 Å². The van der Waals surface area contributed by atoms with Crippen LogP contribution in [0.5, 0.6) is 0 Å². The molecule has 6 nitrogen and oxygen atoms in total. The molecule has 0 radical (unpaired) electrons. The summed E-state index contributed by atoms with van der Waals surface area (Å²) in [4.78, 5) is 27.6. The van der Waals surface area contributed by atoms with Gasteiger partial charge in [0.25, 0.3) is 5.91 Å². The number of hydrogen-bond acceptors (Lipinski definition) is 3. The minimum atomic E-state index is -0.129. The molecule has 0 atom stereocenters. The van der Waals surface area contributed by atoms with Crippen molar-refractivity contribution in [3.8, 4) is 0 Å². The van der Waals surface area contributed by atoms with E-state index in [-0.39, 0.29) is 23.4 Å². The summed E-state index contributed by atoms with van der Waals surface area (Å²) in [7, 11) is 1.83. The van der Waals surface area contributed by atoms with Crippen LogP contribution in [0.3, 0.4) is 0 Å². The van der Waals surface area contributed by atoms with E-state index in [9.17, 15) is 9.59 Å². The molecule has 0 bridgehead atoms. The summed E-state index contributed by atoms with van der Waals surface area (Å²) in [6.07, 6.45) is 5.11. The van der Waals surface area contributed by atoms with Gasteiger partial charge in [-0.25, -0.2) is 0 Å². The van der Waals surface area contributed by atoms with Crippen LogP contribution in [0.25, 0.3) is 0 Å². The normalized spacial score (nSPS) is 16.7. The molecule has 2 rings (SSSR count). The highest BCUT2D eigenvalue weighted by Gasteiger charge is 2.28. The van der Waals surface area contributed by atoms with Crippen LogP contribution in [0.4, 0.5) is 0 Å². The summed E-state index contributed by atoms with van der Waals surface area (Å²) in [5.41, 5.74) is 0.503. The quantitative estimate of drug-likeness (QED) is 0.836. The van der Waals surface area contributed by atoms with Crippen molar-refractivity contribution < 1.29 is 9.59 Å². The van der Waals surface area contributed by atoms with Gasteiger partial charge in [-0.15, -0.1) is 0 Å². The standard InChI is InChI=1S/C16H26N4O2/c1-12(21)18(5)14-6-8-19(9-7-14)15(22)13-10-17-20(11-13)16(2,3)4/h10-11,14H,6-9H2,1-5H3. The minimum Gasteiger partial charge on any atom is -0.343 e. The maximum absolute atomic E-state index is 12.5. The summed E-state index contributed by atoms with van der Waals surface area (Å²) >= 11 is 0. The molecular weight excluding hydrogens is 280 g/mol. The summed E-state index contributed by atoms with van der Waals surface area (Å²) in [5, 5.41) is 4.29. The van der Waals surface area contributed by atoms with Gasteiger partial charge in [0.05, 0.1) is 17.3 Å². The third-order valence-electron chi connectivity index (χ3n) is 4.31. The molecule has 1 aliphatic heterocycles. The molecule has 2 amide bonds. The number of rotatable bonds is 2. The molecule has 0 aliphatic carbocycles. The number of carbonyl (C=O) groups excluding carboxylic acids is 2. The molecule has 1 fully saturated rings. The first-order valence-electron chi connectivity index (χ1n) is 7.78. The summed E-state index contributed by atoms with van der Waals surface area (Å²) in [6, 6.07) is 0.235. The number of piperidine rings is 1. The zero-order valence-electron chi connectivity index (χ0n) is 14.2. The van der Waals surface area contributed by atoms with Gasteiger partial charge in [0.15, 0.2) is 0 Å². The van der Waals surface area contributed by atoms with Crippen LogP contribution in [0.2, 0.25) is 0 Å². The van der Waals surface area contributed by atoms with Crippen LogP contribution in [0.15, 0.2) is 12.4 Å².